The highest BCUT2D eigenvalue weighted by Gasteiger charge is 2.50. The molecule has 0 radical (unpaired) electrons. The number of carbonyl (C=O) groups excluding carboxylic acids is 1. The number of rotatable bonds is 7. The summed E-state index contributed by atoms with van der Waals surface area (Å²) in [6.07, 6.45) is 2.25. The fourth-order valence-corrected chi connectivity index (χ4v) is 2.27. The van der Waals surface area contributed by atoms with E-state index in [-0.39, 0.29) is 12.5 Å². The number of aliphatic carboxylic acids is 1. The molecule has 20 heavy (non-hydrogen) atoms. The van der Waals surface area contributed by atoms with Crippen molar-refractivity contribution in [3.8, 4) is 0 Å². The number of amides is 1. The number of nitrogens with one attached hydrogen (secondary N) is 1. The third kappa shape index (κ3) is 3.36. The molecule has 0 aromatic heterocycles. The molecule has 1 amide bonds. The highest BCUT2D eigenvalue weighted by atomic mass is 16.5. The van der Waals surface area contributed by atoms with Crippen molar-refractivity contribution in [3.63, 3.8) is 0 Å². The van der Waals surface area contributed by atoms with Gasteiger partial charge in [0.05, 0.1) is 12.0 Å². The topological polar surface area (TPSA) is 75.6 Å². The summed E-state index contributed by atoms with van der Waals surface area (Å²) in [6, 6.07) is 8.79. The van der Waals surface area contributed by atoms with E-state index in [2.05, 4.69) is 5.32 Å². The molecular formula is C15H19NO4. The summed E-state index contributed by atoms with van der Waals surface area (Å²) in [6.45, 7) is -0.0253. The first-order valence-electron chi connectivity index (χ1n) is 6.64. The highest BCUT2D eigenvalue weighted by molar-refractivity contribution is 5.89. The zero-order valence-corrected chi connectivity index (χ0v) is 11.5. The second kappa shape index (κ2) is 6.05. The lowest BCUT2D eigenvalue weighted by molar-refractivity contribution is -0.144. The summed E-state index contributed by atoms with van der Waals surface area (Å²) in [7, 11) is 1.42. The quantitative estimate of drug-likeness (QED) is 0.786. The van der Waals surface area contributed by atoms with E-state index in [9.17, 15) is 9.59 Å². The van der Waals surface area contributed by atoms with E-state index >= 15 is 0 Å². The molecule has 0 aliphatic heterocycles. The standard InChI is InChI=1S/C15H19NO4/c1-20-10-12(13(17)18)16-14(19)15(7-8-15)9-11-5-3-2-4-6-11/h2-6,12H,7-10H2,1H3,(H,16,19)(H,17,18). The van der Waals surface area contributed by atoms with Crippen LogP contribution in [0.15, 0.2) is 30.3 Å². The van der Waals surface area contributed by atoms with Crippen LogP contribution in [0.5, 0.6) is 0 Å². The van der Waals surface area contributed by atoms with Gasteiger partial charge >= 0.3 is 5.97 Å². The second-order valence-corrected chi connectivity index (χ2v) is 5.26. The summed E-state index contributed by atoms with van der Waals surface area (Å²) in [5, 5.41) is 11.6. The molecule has 1 aromatic rings. The van der Waals surface area contributed by atoms with Gasteiger partial charge in [-0.2, -0.15) is 0 Å². The highest BCUT2D eigenvalue weighted by Crippen LogP contribution is 2.48. The summed E-state index contributed by atoms with van der Waals surface area (Å²) >= 11 is 0. The second-order valence-electron chi connectivity index (χ2n) is 5.26. The number of ether oxygens (including phenoxy) is 1. The van der Waals surface area contributed by atoms with Crippen LogP contribution in [-0.2, 0) is 20.7 Å². The third-order valence-corrected chi connectivity index (χ3v) is 3.66. The zero-order chi connectivity index (χ0) is 14.6. The third-order valence-electron chi connectivity index (χ3n) is 3.66. The molecule has 1 saturated carbocycles. The molecule has 108 valence electrons. The van der Waals surface area contributed by atoms with Crippen LogP contribution < -0.4 is 5.32 Å². The van der Waals surface area contributed by atoms with E-state index in [0.29, 0.717) is 6.42 Å². The van der Waals surface area contributed by atoms with Gasteiger partial charge < -0.3 is 15.2 Å². The zero-order valence-electron chi connectivity index (χ0n) is 11.5. The van der Waals surface area contributed by atoms with Crippen molar-refractivity contribution < 1.29 is 19.4 Å². The van der Waals surface area contributed by atoms with Crippen molar-refractivity contribution in [3.05, 3.63) is 35.9 Å². The summed E-state index contributed by atoms with van der Waals surface area (Å²) in [4.78, 5) is 23.3. The molecule has 0 bridgehead atoms. The number of carboxylic acids is 1. The van der Waals surface area contributed by atoms with Crippen LogP contribution in [-0.4, -0.2) is 36.7 Å². The molecule has 0 heterocycles. The van der Waals surface area contributed by atoms with Gasteiger partial charge in [0, 0.05) is 7.11 Å². The van der Waals surface area contributed by atoms with Crippen molar-refractivity contribution in [2.45, 2.75) is 25.3 Å². The Morgan fingerprint density at radius 2 is 2.00 bits per heavy atom. The molecule has 2 N–H and O–H groups in total. The predicted octanol–water partition coefficient (Wildman–Crippen LogP) is 1.23. The first kappa shape index (κ1) is 14.5. The Kier molecular flexibility index (Phi) is 4.39. The van der Waals surface area contributed by atoms with E-state index in [0.717, 1.165) is 18.4 Å². The predicted molar refractivity (Wildman–Crippen MR) is 73.3 cm³/mol. The van der Waals surface area contributed by atoms with Crippen LogP contribution in [0.25, 0.3) is 0 Å². The SMILES string of the molecule is COCC(NC(=O)C1(Cc2ccccc2)CC1)C(=O)O. The normalized spacial score (nSPS) is 17.2. The lowest BCUT2D eigenvalue weighted by Crippen LogP contribution is -2.47. The molecule has 5 heteroatoms. The maximum atomic E-state index is 12.3. The molecule has 0 saturated heterocycles. The van der Waals surface area contributed by atoms with Crippen LogP contribution in [0.2, 0.25) is 0 Å². The Morgan fingerprint density at radius 1 is 1.35 bits per heavy atom. The van der Waals surface area contributed by atoms with Gasteiger partial charge in [-0.3, -0.25) is 4.79 Å². The van der Waals surface area contributed by atoms with Crippen molar-refractivity contribution in [2.75, 3.05) is 13.7 Å². The van der Waals surface area contributed by atoms with Gasteiger partial charge in [-0.05, 0) is 24.8 Å². The minimum atomic E-state index is -1.07. The lowest BCUT2D eigenvalue weighted by Gasteiger charge is -2.19. The van der Waals surface area contributed by atoms with Crippen molar-refractivity contribution >= 4 is 11.9 Å². The molecule has 1 aromatic carbocycles. The van der Waals surface area contributed by atoms with Gasteiger partial charge in [-0.25, -0.2) is 4.79 Å². The van der Waals surface area contributed by atoms with E-state index in [1.54, 1.807) is 0 Å². The lowest BCUT2D eigenvalue weighted by atomic mass is 9.95. The number of carbonyl (C=O) groups is 2. The molecule has 1 fully saturated rings. The molecule has 1 aliphatic carbocycles. The molecule has 5 nitrogen and oxygen atoms in total. The number of hydrogen-bond acceptors (Lipinski definition) is 3. The van der Waals surface area contributed by atoms with Gasteiger partial charge in [0.15, 0.2) is 6.04 Å². The summed E-state index contributed by atoms with van der Waals surface area (Å²) in [5.74, 6) is -1.26. The van der Waals surface area contributed by atoms with E-state index in [1.807, 2.05) is 30.3 Å². The van der Waals surface area contributed by atoms with Gasteiger partial charge in [-0.15, -0.1) is 0 Å². The van der Waals surface area contributed by atoms with Crippen LogP contribution in [0.4, 0.5) is 0 Å². The number of carboxylic acid groups (broad SMARTS) is 1. The van der Waals surface area contributed by atoms with Gasteiger partial charge in [-0.1, -0.05) is 30.3 Å². The Labute approximate surface area is 117 Å². The Bertz CT molecular complexity index is 482. The minimum Gasteiger partial charge on any atom is -0.480 e. The summed E-state index contributed by atoms with van der Waals surface area (Å²) in [5.41, 5.74) is 0.654. The van der Waals surface area contributed by atoms with Crippen molar-refractivity contribution in [2.24, 2.45) is 5.41 Å². The number of hydrogen-bond donors (Lipinski definition) is 2. The molecule has 0 spiro atoms. The van der Waals surface area contributed by atoms with E-state index in [1.165, 1.54) is 7.11 Å². The molecule has 2 rings (SSSR count). The fraction of sp³-hybridized carbons (Fsp3) is 0.467. The van der Waals surface area contributed by atoms with Crippen LogP contribution >= 0.6 is 0 Å². The van der Waals surface area contributed by atoms with Crippen molar-refractivity contribution in [1.82, 2.24) is 5.32 Å². The number of benzene rings is 1. The maximum Gasteiger partial charge on any atom is 0.328 e. The van der Waals surface area contributed by atoms with Gasteiger partial charge in [0.1, 0.15) is 0 Å². The Balaban J connectivity index is 1.99. The summed E-state index contributed by atoms with van der Waals surface area (Å²) < 4.78 is 4.82. The van der Waals surface area contributed by atoms with Gasteiger partial charge in [0.2, 0.25) is 5.91 Å². The average Bonchev–Trinajstić information content (AvgIpc) is 3.20. The smallest absolute Gasteiger partial charge is 0.328 e. The maximum absolute atomic E-state index is 12.3. The van der Waals surface area contributed by atoms with Crippen LogP contribution in [0.3, 0.4) is 0 Å². The molecule has 1 atom stereocenters. The van der Waals surface area contributed by atoms with Crippen LogP contribution in [0.1, 0.15) is 18.4 Å². The Hall–Kier alpha value is -1.88. The van der Waals surface area contributed by atoms with Gasteiger partial charge in [0.25, 0.3) is 0 Å². The van der Waals surface area contributed by atoms with E-state index in [4.69, 9.17) is 9.84 Å². The Morgan fingerprint density at radius 3 is 2.50 bits per heavy atom. The molecule has 1 aliphatic rings. The average molecular weight is 277 g/mol. The first-order chi connectivity index (χ1) is 9.57. The number of methoxy groups -OCH3 is 1. The first-order valence-corrected chi connectivity index (χ1v) is 6.64. The van der Waals surface area contributed by atoms with E-state index < -0.39 is 17.4 Å². The largest absolute Gasteiger partial charge is 0.480 e. The van der Waals surface area contributed by atoms with Crippen LogP contribution in [0, 0.1) is 5.41 Å². The monoisotopic (exact) mass is 277 g/mol. The van der Waals surface area contributed by atoms with Crippen molar-refractivity contribution in [1.29, 1.82) is 0 Å². The minimum absolute atomic E-state index is 0.0253. The fourth-order valence-electron chi connectivity index (χ4n) is 2.27. The molecule has 1 unspecified atom stereocenters. The molecular weight excluding hydrogens is 258 g/mol.